The van der Waals surface area contributed by atoms with Gasteiger partial charge in [-0.25, -0.2) is 4.79 Å². The van der Waals surface area contributed by atoms with E-state index < -0.39 is 11.9 Å². The van der Waals surface area contributed by atoms with Gasteiger partial charge in [0.2, 0.25) is 5.91 Å². The fraction of sp³-hybridized carbons (Fsp3) is 0.286. The maximum absolute atomic E-state index is 11.6. The van der Waals surface area contributed by atoms with Crippen LogP contribution >= 0.6 is 11.8 Å². The van der Waals surface area contributed by atoms with Crippen molar-refractivity contribution in [3.63, 3.8) is 0 Å². The monoisotopic (exact) mass is 335 g/mol. The molecule has 0 unspecified atom stereocenters. The summed E-state index contributed by atoms with van der Waals surface area (Å²) < 4.78 is 6.91. The highest BCUT2D eigenvalue weighted by atomic mass is 32.2. The number of rotatable bonds is 5. The third-order valence-electron chi connectivity index (χ3n) is 3.00. The normalized spacial score (nSPS) is 10.2. The van der Waals surface area contributed by atoms with E-state index in [-0.39, 0.29) is 5.75 Å². The molecule has 8 nitrogen and oxygen atoms in total. The number of carbonyl (C=O) groups excluding carboxylic acids is 2. The third-order valence-corrected chi connectivity index (χ3v) is 4.02. The van der Waals surface area contributed by atoms with E-state index in [0.29, 0.717) is 11.0 Å². The predicted octanol–water partition coefficient (Wildman–Crippen LogP) is 1.04. The molecular weight excluding hydrogens is 318 g/mol. The first-order valence-corrected chi connectivity index (χ1v) is 7.72. The molecule has 0 bridgehead atoms. The van der Waals surface area contributed by atoms with Crippen molar-refractivity contribution in [3.8, 4) is 17.1 Å². The van der Waals surface area contributed by atoms with Crippen LogP contribution in [-0.2, 0) is 11.8 Å². The van der Waals surface area contributed by atoms with Crippen molar-refractivity contribution < 1.29 is 14.3 Å². The summed E-state index contributed by atoms with van der Waals surface area (Å²) in [5.74, 6) is 1.11. The molecule has 2 aromatic rings. The average Bonchev–Trinajstić information content (AvgIpc) is 2.93. The van der Waals surface area contributed by atoms with Crippen LogP contribution in [0.1, 0.15) is 0 Å². The van der Waals surface area contributed by atoms with Crippen LogP contribution in [0.15, 0.2) is 29.4 Å². The number of carbonyl (C=O) groups is 2. The van der Waals surface area contributed by atoms with Crippen LogP contribution in [0.25, 0.3) is 11.4 Å². The van der Waals surface area contributed by atoms with Crippen molar-refractivity contribution in [3.05, 3.63) is 24.3 Å². The van der Waals surface area contributed by atoms with E-state index in [9.17, 15) is 9.59 Å². The number of nitrogens with zero attached hydrogens (tertiary/aromatic N) is 3. The Morgan fingerprint density at radius 2 is 1.96 bits per heavy atom. The molecule has 1 aromatic carbocycles. The lowest BCUT2D eigenvalue weighted by molar-refractivity contribution is -0.117. The number of thioether (sulfide) groups is 1. The van der Waals surface area contributed by atoms with E-state index >= 15 is 0 Å². The number of nitrogens with one attached hydrogen (secondary N) is 2. The Bertz CT molecular complexity index is 699. The molecule has 2 rings (SSSR count). The highest BCUT2D eigenvalue weighted by molar-refractivity contribution is 7.99. The maximum Gasteiger partial charge on any atom is 0.321 e. The molecule has 0 saturated heterocycles. The van der Waals surface area contributed by atoms with Gasteiger partial charge in [-0.3, -0.25) is 10.1 Å². The molecule has 23 heavy (non-hydrogen) atoms. The van der Waals surface area contributed by atoms with E-state index in [2.05, 4.69) is 20.8 Å². The standard InChI is InChI=1S/C14H17N5O3S/c1-15-13(21)16-11(20)8-23-14-18-17-12(19(14)2)9-4-6-10(22-3)7-5-9/h4-7H,8H2,1-3H3,(H2,15,16,20,21). The largest absolute Gasteiger partial charge is 0.497 e. The second-order valence-corrected chi connectivity index (χ2v) is 5.45. The smallest absolute Gasteiger partial charge is 0.321 e. The van der Waals surface area contributed by atoms with Gasteiger partial charge in [-0.1, -0.05) is 11.8 Å². The number of hydrogen-bond donors (Lipinski definition) is 2. The molecule has 0 saturated carbocycles. The van der Waals surface area contributed by atoms with Gasteiger partial charge in [0, 0.05) is 19.7 Å². The second-order valence-electron chi connectivity index (χ2n) is 4.51. The summed E-state index contributed by atoms with van der Waals surface area (Å²) in [7, 11) is 4.87. The lowest BCUT2D eigenvalue weighted by atomic mass is 10.2. The van der Waals surface area contributed by atoms with E-state index in [1.165, 1.54) is 18.8 Å². The van der Waals surface area contributed by atoms with Crippen molar-refractivity contribution in [2.45, 2.75) is 5.16 Å². The highest BCUT2D eigenvalue weighted by Crippen LogP contribution is 2.24. The van der Waals surface area contributed by atoms with E-state index in [4.69, 9.17) is 4.74 Å². The van der Waals surface area contributed by atoms with Gasteiger partial charge in [0.05, 0.1) is 12.9 Å². The summed E-state index contributed by atoms with van der Waals surface area (Å²) in [5.41, 5.74) is 0.891. The summed E-state index contributed by atoms with van der Waals surface area (Å²) in [6.07, 6.45) is 0. The van der Waals surface area contributed by atoms with Crippen molar-refractivity contribution >= 4 is 23.7 Å². The Balaban J connectivity index is 2.04. The molecule has 0 aliphatic heterocycles. The summed E-state index contributed by atoms with van der Waals surface area (Å²) >= 11 is 1.20. The summed E-state index contributed by atoms with van der Waals surface area (Å²) in [6.45, 7) is 0. The van der Waals surface area contributed by atoms with Crippen LogP contribution in [-0.4, -0.2) is 46.6 Å². The Kier molecular flexibility index (Phi) is 5.58. The number of methoxy groups -OCH3 is 1. The van der Waals surface area contributed by atoms with Crippen LogP contribution < -0.4 is 15.4 Å². The zero-order chi connectivity index (χ0) is 16.8. The van der Waals surface area contributed by atoms with Gasteiger partial charge < -0.3 is 14.6 Å². The topological polar surface area (TPSA) is 98.1 Å². The van der Waals surface area contributed by atoms with Gasteiger partial charge in [0.25, 0.3) is 0 Å². The Morgan fingerprint density at radius 3 is 2.57 bits per heavy atom. The molecule has 0 fully saturated rings. The first-order valence-electron chi connectivity index (χ1n) is 6.73. The lowest BCUT2D eigenvalue weighted by Gasteiger charge is -2.05. The molecule has 0 aliphatic carbocycles. The number of aromatic nitrogens is 3. The van der Waals surface area contributed by atoms with Crippen LogP contribution in [0, 0.1) is 0 Å². The SMILES string of the molecule is CNC(=O)NC(=O)CSc1nnc(-c2ccc(OC)cc2)n1C. The Morgan fingerprint density at radius 1 is 1.26 bits per heavy atom. The quantitative estimate of drug-likeness (QED) is 0.792. The van der Waals surface area contributed by atoms with Gasteiger partial charge in [-0.15, -0.1) is 10.2 Å². The van der Waals surface area contributed by atoms with Gasteiger partial charge >= 0.3 is 6.03 Å². The number of benzene rings is 1. The van der Waals surface area contributed by atoms with Crippen molar-refractivity contribution in [1.82, 2.24) is 25.4 Å². The van der Waals surface area contributed by atoms with Crippen molar-refractivity contribution in [2.75, 3.05) is 19.9 Å². The molecule has 0 spiro atoms. The predicted molar refractivity (Wildman–Crippen MR) is 86.3 cm³/mol. The number of urea groups is 1. The second kappa shape index (κ2) is 7.63. The Labute approximate surface area is 137 Å². The minimum atomic E-state index is -0.535. The maximum atomic E-state index is 11.6. The zero-order valence-corrected chi connectivity index (χ0v) is 13.8. The lowest BCUT2D eigenvalue weighted by Crippen LogP contribution is -2.38. The molecule has 1 heterocycles. The summed E-state index contributed by atoms with van der Waals surface area (Å²) in [6, 6.07) is 6.92. The number of amides is 3. The van der Waals surface area contributed by atoms with Crippen molar-refractivity contribution in [1.29, 1.82) is 0 Å². The fourth-order valence-corrected chi connectivity index (χ4v) is 2.50. The minimum absolute atomic E-state index is 0.0714. The molecule has 0 aliphatic rings. The molecule has 0 radical (unpaired) electrons. The Hall–Kier alpha value is -2.55. The third kappa shape index (κ3) is 4.22. The van der Waals surface area contributed by atoms with E-state index in [1.54, 1.807) is 11.7 Å². The van der Waals surface area contributed by atoms with Gasteiger partial charge in [0.1, 0.15) is 5.75 Å². The van der Waals surface area contributed by atoms with Gasteiger partial charge in [-0.05, 0) is 24.3 Å². The highest BCUT2D eigenvalue weighted by Gasteiger charge is 2.13. The molecule has 1 aromatic heterocycles. The average molecular weight is 335 g/mol. The van der Waals surface area contributed by atoms with Crippen LogP contribution in [0.4, 0.5) is 4.79 Å². The first-order chi connectivity index (χ1) is 11.0. The van der Waals surface area contributed by atoms with Crippen molar-refractivity contribution in [2.24, 2.45) is 7.05 Å². The fourth-order valence-electron chi connectivity index (χ4n) is 1.79. The minimum Gasteiger partial charge on any atom is -0.497 e. The molecule has 3 amide bonds. The summed E-state index contributed by atoms with van der Waals surface area (Å²) in [5, 5.41) is 13.3. The molecule has 2 N–H and O–H groups in total. The van der Waals surface area contributed by atoms with Crippen LogP contribution in [0.2, 0.25) is 0 Å². The molecular formula is C14H17N5O3S. The molecule has 122 valence electrons. The first kappa shape index (κ1) is 16.8. The van der Waals surface area contributed by atoms with E-state index in [1.807, 2.05) is 31.3 Å². The van der Waals surface area contributed by atoms with Gasteiger partial charge in [0.15, 0.2) is 11.0 Å². The number of ether oxygens (including phenoxy) is 1. The molecule has 9 heteroatoms. The number of imide groups is 1. The van der Waals surface area contributed by atoms with E-state index in [0.717, 1.165) is 11.3 Å². The molecule has 0 atom stereocenters. The number of hydrogen-bond acceptors (Lipinski definition) is 6. The van der Waals surface area contributed by atoms with Crippen LogP contribution in [0.5, 0.6) is 5.75 Å². The van der Waals surface area contributed by atoms with Crippen LogP contribution in [0.3, 0.4) is 0 Å². The zero-order valence-electron chi connectivity index (χ0n) is 13.0. The summed E-state index contributed by atoms with van der Waals surface area (Å²) in [4.78, 5) is 22.6. The van der Waals surface area contributed by atoms with Gasteiger partial charge in [-0.2, -0.15) is 0 Å².